The topological polar surface area (TPSA) is 79.3 Å². The van der Waals surface area contributed by atoms with Crippen molar-refractivity contribution >= 4 is 17.4 Å². The van der Waals surface area contributed by atoms with E-state index in [1.54, 1.807) is 6.07 Å². The fraction of sp³-hybridized carbons (Fsp3) is 0.222. The third-order valence-corrected chi connectivity index (χ3v) is 2.02. The highest BCUT2D eigenvalue weighted by atomic mass is 35.5. The number of ether oxygens (including phenoxy) is 1. The van der Waals surface area contributed by atoms with Crippen molar-refractivity contribution in [2.45, 2.75) is 6.42 Å². The van der Waals surface area contributed by atoms with Crippen molar-refractivity contribution in [3.63, 3.8) is 0 Å². The first-order chi connectivity index (χ1) is 6.54. The van der Waals surface area contributed by atoms with Gasteiger partial charge in [-0.2, -0.15) is 0 Å². The first-order valence-corrected chi connectivity index (χ1v) is 4.30. The van der Waals surface area contributed by atoms with E-state index in [0.29, 0.717) is 11.3 Å². The summed E-state index contributed by atoms with van der Waals surface area (Å²) in [7, 11) is 1.50. The molecule has 0 bridgehead atoms. The van der Waals surface area contributed by atoms with Gasteiger partial charge in [-0.05, 0) is 6.07 Å². The van der Waals surface area contributed by atoms with E-state index in [9.17, 15) is 5.11 Å². The highest BCUT2D eigenvalue weighted by molar-refractivity contribution is 6.32. The van der Waals surface area contributed by atoms with Crippen molar-refractivity contribution in [1.82, 2.24) is 0 Å². The molecule has 0 unspecified atom stereocenters. The van der Waals surface area contributed by atoms with Crippen LogP contribution in [0.25, 0.3) is 0 Å². The van der Waals surface area contributed by atoms with E-state index >= 15 is 0 Å². The molecule has 0 radical (unpaired) electrons. The Bertz CT molecular complexity index is 366. The van der Waals surface area contributed by atoms with Crippen LogP contribution < -0.4 is 10.5 Å². The Hall–Kier alpha value is -1.42. The number of nitrogens with two attached hydrogens (primary N) is 1. The predicted molar refractivity (Wildman–Crippen MR) is 55.3 cm³/mol. The Balaban J connectivity index is 3.13. The van der Waals surface area contributed by atoms with Crippen LogP contribution in [0.2, 0.25) is 5.02 Å². The van der Waals surface area contributed by atoms with Crippen molar-refractivity contribution in [3.05, 3.63) is 22.7 Å². The molecule has 0 spiro atoms. The number of hydrogen-bond acceptors (Lipinski definition) is 3. The SMILES string of the molecule is COc1cc(Cl)c(O)c(CC(=N)N)c1. The van der Waals surface area contributed by atoms with Gasteiger partial charge in [0.1, 0.15) is 11.5 Å². The standard InChI is InChI=1S/C9H11ClN2O2/c1-14-6-2-5(3-8(11)12)9(13)7(10)4-6/h2,4,13H,3H2,1H3,(H3,11,12). The number of phenols is 1. The second kappa shape index (κ2) is 4.19. The van der Waals surface area contributed by atoms with Crippen molar-refractivity contribution in [2.75, 3.05) is 7.11 Å². The van der Waals surface area contributed by atoms with Crippen LogP contribution in [0, 0.1) is 5.41 Å². The molecule has 0 heterocycles. The number of rotatable bonds is 3. The molecule has 4 N–H and O–H groups in total. The Morgan fingerprint density at radius 2 is 2.29 bits per heavy atom. The summed E-state index contributed by atoms with van der Waals surface area (Å²) in [6.07, 6.45) is 0.156. The van der Waals surface area contributed by atoms with Gasteiger partial charge < -0.3 is 15.6 Å². The molecule has 5 heteroatoms. The van der Waals surface area contributed by atoms with Crippen LogP contribution >= 0.6 is 11.6 Å². The van der Waals surface area contributed by atoms with Gasteiger partial charge in [-0.25, -0.2) is 0 Å². The van der Waals surface area contributed by atoms with Gasteiger partial charge in [0.15, 0.2) is 0 Å². The molecule has 76 valence electrons. The van der Waals surface area contributed by atoms with Crippen LogP contribution in [0.3, 0.4) is 0 Å². The maximum Gasteiger partial charge on any atom is 0.138 e. The highest BCUT2D eigenvalue weighted by Gasteiger charge is 2.09. The zero-order chi connectivity index (χ0) is 10.7. The first kappa shape index (κ1) is 10.7. The molecule has 0 aliphatic rings. The first-order valence-electron chi connectivity index (χ1n) is 3.93. The number of phenolic OH excluding ortho intramolecular Hbond substituents is 1. The van der Waals surface area contributed by atoms with Crippen LogP contribution in [-0.2, 0) is 6.42 Å². The summed E-state index contributed by atoms with van der Waals surface area (Å²) in [5, 5.41) is 16.8. The van der Waals surface area contributed by atoms with Crippen molar-refractivity contribution < 1.29 is 9.84 Å². The molecule has 0 amide bonds. The molecular formula is C9H11ClN2O2. The minimum atomic E-state index is -0.0531. The molecule has 0 saturated heterocycles. The molecule has 0 fully saturated rings. The Morgan fingerprint density at radius 3 is 2.79 bits per heavy atom. The molecule has 1 aromatic rings. The summed E-state index contributed by atoms with van der Waals surface area (Å²) in [5.74, 6) is 0.441. The molecule has 1 aromatic carbocycles. The van der Waals surface area contributed by atoms with E-state index in [1.165, 1.54) is 13.2 Å². The molecule has 1 rings (SSSR count). The third-order valence-electron chi connectivity index (χ3n) is 1.73. The molecule has 0 aliphatic heterocycles. The van der Waals surface area contributed by atoms with Gasteiger partial charge in [-0.15, -0.1) is 0 Å². The molecule has 0 aromatic heterocycles. The van der Waals surface area contributed by atoms with Crippen LogP contribution in [0.5, 0.6) is 11.5 Å². The van der Waals surface area contributed by atoms with Gasteiger partial charge in [0.25, 0.3) is 0 Å². The average Bonchev–Trinajstić information content (AvgIpc) is 2.11. The molecule has 0 saturated carbocycles. The third kappa shape index (κ3) is 2.29. The Morgan fingerprint density at radius 1 is 1.64 bits per heavy atom. The Labute approximate surface area is 86.8 Å². The molecule has 0 atom stereocenters. The van der Waals surface area contributed by atoms with Gasteiger partial charge in [0.05, 0.1) is 18.0 Å². The zero-order valence-electron chi connectivity index (χ0n) is 7.67. The highest BCUT2D eigenvalue weighted by Crippen LogP contribution is 2.32. The lowest BCUT2D eigenvalue weighted by atomic mass is 10.1. The summed E-state index contributed by atoms with van der Waals surface area (Å²) >= 11 is 5.74. The smallest absolute Gasteiger partial charge is 0.138 e. The van der Waals surface area contributed by atoms with Gasteiger partial charge in [0, 0.05) is 18.1 Å². The second-order valence-corrected chi connectivity index (χ2v) is 3.23. The zero-order valence-corrected chi connectivity index (χ0v) is 8.43. The summed E-state index contributed by atoms with van der Waals surface area (Å²) in [5.41, 5.74) is 5.71. The predicted octanol–water partition coefficient (Wildman–Crippen LogP) is 1.53. The molecular weight excluding hydrogens is 204 g/mol. The van der Waals surface area contributed by atoms with Crippen molar-refractivity contribution in [2.24, 2.45) is 5.73 Å². The van der Waals surface area contributed by atoms with Gasteiger partial charge >= 0.3 is 0 Å². The van der Waals surface area contributed by atoms with Gasteiger partial charge in [-0.3, -0.25) is 5.41 Å². The van der Waals surface area contributed by atoms with Crippen molar-refractivity contribution in [1.29, 1.82) is 5.41 Å². The number of hydrogen-bond donors (Lipinski definition) is 3. The van der Waals surface area contributed by atoms with Gasteiger partial charge in [-0.1, -0.05) is 11.6 Å². The minimum absolute atomic E-state index is 0.0374. The lowest BCUT2D eigenvalue weighted by molar-refractivity contribution is 0.411. The average molecular weight is 215 g/mol. The minimum Gasteiger partial charge on any atom is -0.506 e. The Kier molecular flexibility index (Phi) is 3.19. The molecule has 14 heavy (non-hydrogen) atoms. The van der Waals surface area contributed by atoms with Crippen LogP contribution in [-0.4, -0.2) is 18.1 Å². The summed E-state index contributed by atoms with van der Waals surface area (Å²) in [4.78, 5) is 0. The van der Waals surface area contributed by atoms with E-state index in [4.69, 9.17) is 27.5 Å². The lowest BCUT2D eigenvalue weighted by Gasteiger charge is -2.08. The van der Waals surface area contributed by atoms with E-state index in [-0.39, 0.29) is 23.0 Å². The summed E-state index contributed by atoms with van der Waals surface area (Å²) in [6.45, 7) is 0. The van der Waals surface area contributed by atoms with Crippen LogP contribution in [0.4, 0.5) is 0 Å². The number of nitrogens with one attached hydrogen (secondary N) is 1. The number of methoxy groups -OCH3 is 1. The molecule has 0 aliphatic carbocycles. The maximum absolute atomic E-state index is 9.53. The summed E-state index contributed by atoms with van der Waals surface area (Å²) < 4.78 is 4.97. The quantitative estimate of drug-likeness (QED) is 0.527. The monoisotopic (exact) mass is 214 g/mol. The van der Waals surface area contributed by atoms with Crippen LogP contribution in [0.15, 0.2) is 12.1 Å². The normalized spacial score (nSPS) is 9.86. The largest absolute Gasteiger partial charge is 0.506 e. The fourth-order valence-electron chi connectivity index (χ4n) is 1.09. The van der Waals surface area contributed by atoms with E-state index in [2.05, 4.69) is 0 Å². The number of benzene rings is 1. The molecule has 4 nitrogen and oxygen atoms in total. The number of aromatic hydroxyl groups is 1. The number of halogens is 1. The maximum atomic E-state index is 9.53. The lowest BCUT2D eigenvalue weighted by Crippen LogP contribution is -2.12. The second-order valence-electron chi connectivity index (χ2n) is 2.82. The van der Waals surface area contributed by atoms with Gasteiger partial charge in [0.2, 0.25) is 0 Å². The fourth-order valence-corrected chi connectivity index (χ4v) is 1.32. The van der Waals surface area contributed by atoms with E-state index < -0.39 is 0 Å². The van der Waals surface area contributed by atoms with E-state index in [1.807, 2.05) is 0 Å². The van der Waals surface area contributed by atoms with Crippen LogP contribution in [0.1, 0.15) is 5.56 Å². The van der Waals surface area contributed by atoms with Crippen molar-refractivity contribution in [3.8, 4) is 11.5 Å². The summed E-state index contributed by atoms with van der Waals surface area (Å²) in [6, 6.07) is 3.10. The number of amidine groups is 1. The van der Waals surface area contributed by atoms with E-state index in [0.717, 1.165) is 0 Å².